The van der Waals surface area contributed by atoms with Crippen LogP contribution in [0.3, 0.4) is 0 Å². The third kappa shape index (κ3) is 9.25. The van der Waals surface area contributed by atoms with Crippen molar-refractivity contribution in [2.24, 2.45) is 0 Å². The van der Waals surface area contributed by atoms with Gasteiger partial charge in [0.2, 0.25) is 0 Å². The van der Waals surface area contributed by atoms with Gasteiger partial charge in [0, 0.05) is 56.7 Å². The lowest BCUT2D eigenvalue weighted by Gasteiger charge is -2.39. The lowest BCUT2D eigenvalue weighted by Crippen LogP contribution is -2.29. The zero-order chi connectivity index (χ0) is 63.6. The lowest BCUT2D eigenvalue weighted by molar-refractivity contribution is 0.479. The molecule has 1 aliphatic heterocycles. The first-order valence-electron chi connectivity index (χ1n) is 32.1. The number of nitrogens with zero attached hydrogens (tertiary/aromatic N) is 4. The Morgan fingerprint density at radius 1 is 0.443 bits per heavy atom. The first-order valence-corrected chi connectivity index (χ1v) is 27.1. The minimum atomic E-state index is -0.995. The molecule has 0 N–H and O–H groups in total. The van der Waals surface area contributed by atoms with Crippen molar-refractivity contribution in [2.75, 3.05) is 16.5 Å². The van der Waals surface area contributed by atoms with Crippen LogP contribution in [0.2, 0.25) is 0 Å². The van der Waals surface area contributed by atoms with Crippen molar-refractivity contribution >= 4 is 44.6 Å². The summed E-state index contributed by atoms with van der Waals surface area (Å²) < 4.78 is 104. The summed E-state index contributed by atoms with van der Waals surface area (Å²) in [5.41, 5.74) is 7.22. The van der Waals surface area contributed by atoms with Crippen molar-refractivity contribution < 1.29 is 18.4 Å². The summed E-state index contributed by atoms with van der Waals surface area (Å²) in [6.07, 6.45) is 1.87. The van der Waals surface area contributed by atoms with Crippen molar-refractivity contribution in [3.05, 3.63) is 264 Å². The first-order chi connectivity index (χ1) is 42.1. The van der Waals surface area contributed by atoms with Crippen LogP contribution in [0.15, 0.2) is 230 Å². The molecule has 0 bridgehead atoms. The Kier molecular flexibility index (Phi) is 10.1. The molecule has 392 valence electrons. The molecule has 9 aromatic carbocycles. The van der Waals surface area contributed by atoms with Gasteiger partial charge < -0.3 is 14.5 Å². The van der Waals surface area contributed by atoms with E-state index in [4.69, 9.17) is 12.5 Å². The molecule has 0 saturated carbocycles. The maximum absolute atomic E-state index is 9.91. The Balaban J connectivity index is 1.15. The summed E-state index contributed by atoms with van der Waals surface area (Å²) in [5.74, 6) is 1.97. The Hall–Kier alpha value is -8.67. The lowest BCUT2D eigenvalue weighted by atomic mass is 9.68. The zero-order valence-electron chi connectivity index (χ0n) is 56.6. The van der Waals surface area contributed by atoms with Crippen LogP contribution in [0.5, 0.6) is 11.5 Å². The number of pyridine rings is 1. The van der Waals surface area contributed by atoms with E-state index in [9.17, 15) is 11.0 Å². The SMILES string of the molecule is [2H]c1c([2H])c([2H])c(-c2c(C(C)(C)c3ccccc3)cc(C(C)(C)c3ccccc3)c(-c3c([2H])c([2H])c([2H])c([2H])c3[2H])c2N2CN(c3cc(Oc4ccc5c6ccccc6n(-c6cc(C(C)(C)C)ccn6)c5c4)cc(C(C)(C)C)c3)c3ccccc32)c([2H])c1[2H]. The number of hydrogen-bond acceptors (Lipinski definition) is 4. The molecule has 0 spiro atoms. The predicted octanol–water partition coefficient (Wildman–Crippen LogP) is 19.8. The summed E-state index contributed by atoms with van der Waals surface area (Å²) in [6, 6.07) is 49.3. The third-order valence-electron chi connectivity index (χ3n) is 15.9. The number of hydrogen-bond donors (Lipinski definition) is 0. The summed E-state index contributed by atoms with van der Waals surface area (Å²) in [5, 5.41) is 2.13. The highest BCUT2D eigenvalue weighted by Crippen LogP contribution is 2.57. The topological polar surface area (TPSA) is 33.5 Å². The van der Waals surface area contributed by atoms with Crippen LogP contribution < -0.4 is 14.5 Å². The van der Waals surface area contributed by atoms with Crippen LogP contribution in [0.25, 0.3) is 49.9 Å². The second kappa shape index (κ2) is 19.7. The van der Waals surface area contributed by atoms with Gasteiger partial charge in [0.25, 0.3) is 0 Å². The molecule has 1 aliphatic rings. The summed E-state index contributed by atoms with van der Waals surface area (Å²) in [7, 11) is 0. The summed E-state index contributed by atoms with van der Waals surface area (Å²) >= 11 is 0. The molecule has 5 nitrogen and oxygen atoms in total. The molecule has 2 aromatic heterocycles. The summed E-state index contributed by atoms with van der Waals surface area (Å²) in [6.45, 7) is 21.3. The molecule has 11 aromatic rings. The van der Waals surface area contributed by atoms with Crippen molar-refractivity contribution in [1.82, 2.24) is 9.55 Å². The first kappa shape index (κ1) is 40.5. The van der Waals surface area contributed by atoms with Crippen LogP contribution in [-0.2, 0) is 21.7 Å². The minimum Gasteiger partial charge on any atom is -0.457 e. The zero-order valence-corrected chi connectivity index (χ0v) is 46.6. The number of aromatic nitrogens is 2. The van der Waals surface area contributed by atoms with E-state index < -0.39 is 76.7 Å². The van der Waals surface area contributed by atoms with E-state index in [-0.39, 0.29) is 34.3 Å². The van der Waals surface area contributed by atoms with Gasteiger partial charge in [-0.25, -0.2) is 4.98 Å². The van der Waals surface area contributed by atoms with Crippen molar-refractivity contribution in [3.63, 3.8) is 0 Å². The van der Waals surface area contributed by atoms with Gasteiger partial charge in [-0.15, -0.1) is 0 Å². The van der Waals surface area contributed by atoms with E-state index in [1.165, 1.54) is 0 Å². The number of para-hydroxylation sites is 3. The highest BCUT2D eigenvalue weighted by atomic mass is 16.5. The number of ether oxygens (including phenoxy) is 1. The van der Waals surface area contributed by atoms with Gasteiger partial charge in [0.15, 0.2) is 0 Å². The van der Waals surface area contributed by atoms with Crippen LogP contribution in [-0.4, -0.2) is 16.2 Å². The maximum atomic E-state index is 9.91. The Bertz CT molecular complexity index is 4460. The number of benzene rings is 9. The van der Waals surface area contributed by atoms with Gasteiger partial charge in [-0.1, -0.05) is 227 Å². The Morgan fingerprint density at radius 2 is 0.975 bits per heavy atom. The average Bonchev–Trinajstić information content (AvgIpc) is 1.54. The third-order valence-corrected chi connectivity index (χ3v) is 15.9. The molecule has 0 saturated heterocycles. The van der Waals surface area contributed by atoms with Crippen molar-refractivity contribution in [3.8, 4) is 39.6 Å². The van der Waals surface area contributed by atoms with E-state index >= 15 is 0 Å². The fraction of sp³-hybridized carbons (Fsp3) is 0.203. The van der Waals surface area contributed by atoms with Crippen LogP contribution in [0.1, 0.15) is 116 Å². The monoisotopic (exact) mass is 1040 g/mol. The molecule has 0 atom stereocenters. The highest BCUT2D eigenvalue weighted by Gasteiger charge is 2.40. The average molecular weight is 1040 g/mol. The van der Waals surface area contributed by atoms with Gasteiger partial charge in [0.05, 0.1) is 41.8 Å². The molecule has 5 heteroatoms. The van der Waals surface area contributed by atoms with Gasteiger partial charge >= 0.3 is 0 Å². The molecule has 0 aliphatic carbocycles. The quantitative estimate of drug-likeness (QED) is 0.129. The van der Waals surface area contributed by atoms with Gasteiger partial charge in [-0.2, -0.15) is 0 Å². The molecule has 3 heterocycles. The Labute approximate surface area is 481 Å². The fourth-order valence-corrected chi connectivity index (χ4v) is 11.5. The highest BCUT2D eigenvalue weighted by molar-refractivity contribution is 6.09. The van der Waals surface area contributed by atoms with Gasteiger partial charge in [0.1, 0.15) is 24.0 Å². The molecule has 0 fully saturated rings. The maximum Gasteiger partial charge on any atom is 0.137 e. The van der Waals surface area contributed by atoms with Crippen LogP contribution in [0, 0.1) is 0 Å². The molecular weight excluding hydrogens is 961 g/mol. The predicted molar refractivity (Wildman–Crippen MR) is 333 cm³/mol. The molecule has 0 amide bonds. The van der Waals surface area contributed by atoms with E-state index in [1.807, 2.05) is 154 Å². The van der Waals surface area contributed by atoms with E-state index in [1.54, 1.807) is 0 Å². The minimum absolute atomic E-state index is 0.0385. The molecule has 0 unspecified atom stereocenters. The second-order valence-electron chi connectivity index (χ2n) is 23.8. The van der Waals surface area contributed by atoms with Crippen LogP contribution >= 0.6 is 0 Å². The van der Waals surface area contributed by atoms with Crippen LogP contribution in [0.4, 0.5) is 22.7 Å². The smallest absolute Gasteiger partial charge is 0.137 e. The molecule has 0 radical (unpaired) electrons. The molecule has 12 rings (SSSR count). The van der Waals surface area contributed by atoms with Crippen molar-refractivity contribution in [1.29, 1.82) is 0 Å². The summed E-state index contributed by atoms with van der Waals surface area (Å²) in [4.78, 5) is 9.11. The molecule has 79 heavy (non-hydrogen) atoms. The molecular formula is C74H70N4O. The fourth-order valence-electron chi connectivity index (χ4n) is 11.5. The normalized spacial score (nSPS) is 14.9. The largest absolute Gasteiger partial charge is 0.457 e. The van der Waals surface area contributed by atoms with Crippen molar-refractivity contribution in [2.45, 2.75) is 90.9 Å². The second-order valence-corrected chi connectivity index (χ2v) is 23.8. The van der Waals surface area contributed by atoms with Gasteiger partial charge in [-0.05, 0) is 110 Å². The number of rotatable bonds is 11. The number of fused-ring (bicyclic) bond motifs is 4. The van der Waals surface area contributed by atoms with E-state index in [2.05, 4.69) is 99.5 Å². The number of anilines is 4. The Morgan fingerprint density at radius 3 is 1.56 bits per heavy atom. The van der Waals surface area contributed by atoms with E-state index in [0.29, 0.717) is 34.0 Å². The standard InChI is InChI=1S/C74H70N4O/c1-71(2,3)54-41-42-75-67(45-54)78-63-36-24-23-35-59(63)60-40-39-57(47-66(60)78)79-58-44-55(72(4,5)6)43-56(46-58)76-49-77(65-38-26-25-37-64(65)76)70-68(50-27-15-11-16-28-50)61(73(7,8)52-31-19-13-20-32-52)48-62(69(70)51-29-17-12-18-30-51)74(9,10)53-33-21-14-22-34-53/h11-48H,49H2,1-10H3/i11D,12D,15D,16D,17D,18D,27D,28D,29D,30D. The van der Waals surface area contributed by atoms with E-state index in [0.717, 1.165) is 61.3 Å². The van der Waals surface area contributed by atoms with Gasteiger partial charge in [-0.3, -0.25) is 4.57 Å².